The third-order valence-corrected chi connectivity index (χ3v) is 3.90. The highest BCUT2D eigenvalue weighted by atomic mass is 35.5. The molecule has 1 aromatic heterocycles. The van der Waals surface area contributed by atoms with Gasteiger partial charge in [0.1, 0.15) is 0 Å². The Morgan fingerprint density at radius 3 is 2.41 bits per heavy atom. The minimum Gasteiger partial charge on any atom is -0.399 e. The standard InChI is InChI=1S/C12H12Cl2N2S/c1-7-2-3-9(17-7)6-16-12-10(13)4-8(15)5-11(12)14/h2-5,16H,6,15H2,1H3. The van der Waals surface area contributed by atoms with Gasteiger partial charge in [-0.25, -0.2) is 0 Å². The number of aryl methyl sites for hydroxylation is 1. The number of benzene rings is 1. The molecule has 1 heterocycles. The zero-order valence-electron chi connectivity index (χ0n) is 9.26. The number of thiophene rings is 1. The van der Waals surface area contributed by atoms with Crippen LogP contribution in [0.1, 0.15) is 9.75 Å². The van der Waals surface area contributed by atoms with E-state index in [1.54, 1.807) is 23.5 Å². The van der Waals surface area contributed by atoms with E-state index in [0.717, 1.165) is 5.69 Å². The molecule has 0 aliphatic rings. The summed E-state index contributed by atoms with van der Waals surface area (Å²) < 4.78 is 0. The van der Waals surface area contributed by atoms with Crippen LogP contribution in [0.5, 0.6) is 0 Å². The van der Waals surface area contributed by atoms with Gasteiger partial charge in [0.15, 0.2) is 0 Å². The molecular formula is C12H12Cl2N2S. The quantitative estimate of drug-likeness (QED) is 0.812. The van der Waals surface area contributed by atoms with Crippen LogP contribution in [-0.4, -0.2) is 0 Å². The Labute approximate surface area is 114 Å². The summed E-state index contributed by atoms with van der Waals surface area (Å²) in [5, 5.41) is 4.32. The Morgan fingerprint density at radius 1 is 1.24 bits per heavy atom. The summed E-state index contributed by atoms with van der Waals surface area (Å²) in [6.07, 6.45) is 0. The number of nitrogens with one attached hydrogen (secondary N) is 1. The fraction of sp³-hybridized carbons (Fsp3) is 0.167. The lowest BCUT2D eigenvalue weighted by molar-refractivity contribution is 1.19. The number of anilines is 2. The number of nitrogens with two attached hydrogens (primary N) is 1. The molecule has 0 fully saturated rings. The van der Waals surface area contributed by atoms with E-state index < -0.39 is 0 Å². The molecule has 2 rings (SSSR count). The molecule has 0 bridgehead atoms. The summed E-state index contributed by atoms with van der Waals surface area (Å²) in [6.45, 7) is 2.79. The molecule has 0 amide bonds. The number of rotatable bonds is 3. The first-order valence-electron chi connectivity index (χ1n) is 5.10. The average molecular weight is 287 g/mol. The van der Waals surface area contributed by atoms with Gasteiger partial charge >= 0.3 is 0 Å². The van der Waals surface area contributed by atoms with E-state index in [2.05, 4.69) is 24.4 Å². The van der Waals surface area contributed by atoms with Crippen LogP contribution >= 0.6 is 34.5 Å². The minimum atomic E-state index is 0.545. The van der Waals surface area contributed by atoms with Crippen LogP contribution in [0, 0.1) is 6.92 Å². The predicted molar refractivity (Wildman–Crippen MR) is 77.3 cm³/mol. The SMILES string of the molecule is Cc1ccc(CNc2c(Cl)cc(N)cc2Cl)s1. The third kappa shape index (κ3) is 3.06. The first-order chi connectivity index (χ1) is 8.06. The molecule has 0 unspecified atom stereocenters. The lowest BCUT2D eigenvalue weighted by atomic mass is 10.2. The van der Waals surface area contributed by atoms with Gasteiger partial charge in [0.25, 0.3) is 0 Å². The van der Waals surface area contributed by atoms with Crippen molar-refractivity contribution in [1.29, 1.82) is 0 Å². The van der Waals surface area contributed by atoms with E-state index >= 15 is 0 Å². The van der Waals surface area contributed by atoms with Crippen LogP contribution in [0.15, 0.2) is 24.3 Å². The van der Waals surface area contributed by atoms with Gasteiger partial charge in [-0.05, 0) is 31.2 Å². The maximum absolute atomic E-state index is 6.08. The summed E-state index contributed by atoms with van der Waals surface area (Å²) in [6, 6.07) is 7.56. The molecule has 0 atom stereocenters. The molecular weight excluding hydrogens is 275 g/mol. The molecule has 0 radical (unpaired) electrons. The fourth-order valence-corrected chi connectivity index (χ4v) is 2.98. The van der Waals surface area contributed by atoms with Crippen LogP contribution in [0.25, 0.3) is 0 Å². The molecule has 0 saturated carbocycles. The largest absolute Gasteiger partial charge is 0.399 e. The first kappa shape index (κ1) is 12.6. The van der Waals surface area contributed by atoms with Crippen molar-refractivity contribution in [3.63, 3.8) is 0 Å². The number of halogens is 2. The van der Waals surface area contributed by atoms with Gasteiger partial charge in [-0.15, -0.1) is 11.3 Å². The fourth-order valence-electron chi connectivity index (χ4n) is 1.52. The second kappa shape index (κ2) is 5.17. The van der Waals surface area contributed by atoms with Crippen molar-refractivity contribution in [2.75, 3.05) is 11.1 Å². The summed E-state index contributed by atoms with van der Waals surface area (Å²) in [4.78, 5) is 2.53. The average Bonchev–Trinajstić information content (AvgIpc) is 2.62. The van der Waals surface area contributed by atoms with E-state index in [0.29, 0.717) is 22.3 Å². The van der Waals surface area contributed by atoms with E-state index in [4.69, 9.17) is 28.9 Å². The van der Waals surface area contributed by atoms with Crippen molar-refractivity contribution in [3.8, 4) is 0 Å². The normalized spacial score (nSPS) is 10.5. The van der Waals surface area contributed by atoms with Crippen LogP contribution in [0.3, 0.4) is 0 Å². The van der Waals surface area contributed by atoms with Crippen molar-refractivity contribution < 1.29 is 0 Å². The van der Waals surface area contributed by atoms with Crippen molar-refractivity contribution in [2.24, 2.45) is 0 Å². The maximum atomic E-state index is 6.08. The Morgan fingerprint density at radius 2 is 1.88 bits per heavy atom. The molecule has 5 heteroatoms. The molecule has 90 valence electrons. The maximum Gasteiger partial charge on any atom is 0.0723 e. The third-order valence-electron chi connectivity index (χ3n) is 2.30. The van der Waals surface area contributed by atoms with Crippen molar-refractivity contribution in [2.45, 2.75) is 13.5 Å². The van der Waals surface area contributed by atoms with Gasteiger partial charge in [0.05, 0.1) is 15.7 Å². The lowest BCUT2D eigenvalue weighted by Crippen LogP contribution is -1.99. The minimum absolute atomic E-state index is 0.545. The highest BCUT2D eigenvalue weighted by Crippen LogP contribution is 2.33. The molecule has 0 aliphatic heterocycles. The molecule has 2 nitrogen and oxygen atoms in total. The zero-order valence-corrected chi connectivity index (χ0v) is 11.6. The number of hydrogen-bond donors (Lipinski definition) is 2. The van der Waals surface area contributed by atoms with Crippen molar-refractivity contribution in [3.05, 3.63) is 44.1 Å². The van der Waals surface area contributed by atoms with Gasteiger partial charge in [-0.3, -0.25) is 0 Å². The summed E-state index contributed by atoms with van der Waals surface area (Å²) in [7, 11) is 0. The Kier molecular flexibility index (Phi) is 3.82. The van der Waals surface area contributed by atoms with E-state index in [1.807, 2.05) is 0 Å². The Balaban J connectivity index is 2.14. The molecule has 1 aromatic carbocycles. The van der Waals surface area contributed by atoms with Crippen molar-refractivity contribution in [1.82, 2.24) is 0 Å². The van der Waals surface area contributed by atoms with Crippen LogP contribution in [0.2, 0.25) is 10.0 Å². The lowest BCUT2D eigenvalue weighted by Gasteiger charge is -2.10. The second-order valence-corrected chi connectivity index (χ2v) is 5.91. The molecule has 3 N–H and O–H groups in total. The Hall–Kier alpha value is -0.900. The number of nitrogen functional groups attached to an aromatic ring is 1. The van der Waals surface area contributed by atoms with Gasteiger partial charge in [0.2, 0.25) is 0 Å². The second-order valence-electron chi connectivity index (χ2n) is 3.73. The molecule has 2 aromatic rings. The summed E-state index contributed by atoms with van der Waals surface area (Å²) >= 11 is 13.9. The predicted octanol–water partition coefficient (Wildman–Crippen LogP) is 4.56. The van der Waals surface area contributed by atoms with Crippen LogP contribution in [-0.2, 0) is 6.54 Å². The zero-order chi connectivity index (χ0) is 12.4. The Bertz CT molecular complexity index is 514. The molecule has 0 saturated heterocycles. The van der Waals surface area contributed by atoms with Gasteiger partial charge in [-0.1, -0.05) is 23.2 Å². The van der Waals surface area contributed by atoms with E-state index in [-0.39, 0.29) is 0 Å². The van der Waals surface area contributed by atoms with Crippen LogP contribution in [0.4, 0.5) is 11.4 Å². The smallest absolute Gasteiger partial charge is 0.0723 e. The monoisotopic (exact) mass is 286 g/mol. The highest BCUT2D eigenvalue weighted by molar-refractivity contribution is 7.11. The molecule has 17 heavy (non-hydrogen) atoms. The molecule has 0 aliphatic carbocycles. The van der Waals surface area contributed by atoms with Gasteiger partial charge in [0, 0.05) is 22.0 Å². The van der Waals surface area contributed by atoms with Gasteiger partial charge < -0.3 is 11.1 Å². The summed E-state index contributed by atoms with van der Waals surface area (Å²) in [5.41, 5.74) is 6.94. The number of hydrogen-bond acceptors (Lipinski definition) is 3. The van der Waals surface area contributed by atoms with Gasteiger partial charge in [-0.2, -0.15) is 0 Å². The van der Waals surface area contributed by atoms with E-state index in [1.165, 1.54) is 9.75 Å². The van der Waals surface area contributed by atoms with Crippen molar-refractivity contribution >= 4 is 45.9 Å². The topological polar surface area (TPSA) is 38.0 Å². The highest BCUT2D eigenvalue weighted by Gasteiger charge is 2.07. The first-order valence-corrected chi connectivity index (χ1v) is 6.67. The summed E-state index contributed by atoms with van der Waals surface area (Å²) in [5.74, 6) is 0. The molecule has 0 spiro atoms. The van der Waals surface area contributed by atoms with Crippen LogP contribution < -0.4 is 11.1 Å². The van der Waals surface area contributed by atoms with E-state index in [9.17, 15) is 0 Å².